The number of fused-ring (bicyclic) bond motifs is 2. The van der Waals surface area contributed by atoms with Crippen LogP contribution in [0.1, 0.15) is 41.9 Å². The first-order valence-electron chi connectivity index (χ1n) is 13.3. The van der Waals surface area contributed by atoms with Crippen LogP contribution in [0.4, 0.5) is 0 Å². The zero-order chi connectivity index (χ0) is 28.0. The highest BCUT2D eigenvalue weighted by Crippen LogP contribution is 2.32. The van der Waals surface area contributed by atoms with E-state index in [0.717, 1.165) is 28.2 Å². The molecule has 1 atom stereocenters. The predicted octanol–water partition coefficient (Wildman–Crippen LogP) is 5.36. The summed E-state index contributed by atoms with van der Waals surface area (Å²) in [5.74, 6) is -0.470. The Labute approximate surface area is 235 Å². The van der Waals surface area contributed by atoms with Crippen LogP contribution in [0.25, 0.3) is 22.5 Å². The molecule has 40 heavy (non-hydrogen) atoms. The smallest absolute Gasteiger partial charge is 0.338 e. The number of thiazole rings is 1. The van der Waals surface area contributed by atoms with E-state index in [2.05, 4.69) is 54.8 Å². The summed E-state index contributed by atoms with van der Waals surface area (Å²) in [6.07, 6.45) is 2.49. The maximum absolute atomic E-state index is 14.0. The molecule has 2 aromatic heterocycles. The van der Waals surface area contributed by atoms with Gasteiger partial charge in [0, 0.05) is 17.1 Å². The average molecular weight is 548 g/mol. The van der Waals surface area contributed by atoms with Crippen molar-refractivity contribution in [3.8, 4) is 5.69 Å². The van der Waals surface area contributed by atoms with E-state index >= 15 is 0 Å². The van der Waals surface area contributed by atoms with Crippen LogP contribution in [0.2, 0.25) is 0 Å². The monoisotopic (exact) mass is 547 g/mol. The lowest BCUT2D eigenvalue weighted by Crippen LogP contribution is -2.40. The van der Waals surface area contributed by atoms with E-state index in [9.17, 15) is 9.59 Å². The van der Waals surface area contributed by atoms with Crippen molar-refractivity contribution >= 4 is 34.2 Å². The SMILES string of the molecule is CCC1=C(C(=O)OC)[C@@H](c2ccccc2)n2c(s/c(=C\c3cc(C)n(-c4ccc5ccccc5c4)c3C)c2=O)=N1. The molecule has 3 heterocycles. The first-order chi connectivity index (χ1) is 19.4. The third-order valence-electron chi connectivity index (χ3n) is 7.51. The number of ether oxygens (including phenoxy) is 1. The topological polar surface area (TPSA) is 65.6 Å². The number of methoxy groups -OCH3 is 1. The summed E-state index contributed by atoms with van der Waals surface area (Å²) in [6, 6.07) is 25.9. The van der Waals surface area contributed by atoms with Gasteiger partial charge in [-0.15, -0.1) is 0 Å². The molecule has 0 spiro atoms. The number of carbonyl (C=O) groups excluding carboxylic acids is 1. The van der Waals surface area contributed by atoms with Crippen molar-refractivity contribution in [2.24, 2.45) is 4.99 Å². The average Bonchev–Trinajstić information content (AvgIpc) is 3.45. The fraction of sp³-hybridized carbons (Fsp3) is 0.182. The van der Waals surface area contributed by atoms with Crippen molar-refractivity contribution in [1.29, 1.82) is 0 Å². The molecule has 0 aliphatic carbocycles. The highest BCUT2D eigenvalue weighted by Gasteiger charge is 2.33. The molecule has 0 fully saturated rings. The molecule has 0 unspecified atom stereocenters. The van der Waals surface area contributed by atoms with Crippen LogP contribution in [-0.2, 0) is 9.53 Å². The van der Waals surface area contributed by atoms with Gasteiger partial charge < -0.3 is 9.30 Å². The molecule has 200 valence electrons. The van der Waals surface area contributed by atoms with Gasteiger partial charge in [-0.25, -0.2) is 9.79 Å². The van der Waals surface area contributed by atoms with Gasteiger partial charge in [-0.2, -0.15) is 0 Å². The fourth-order valence-corrected chi connectivity index (χ4v) is 6.61. The number of benzene rings is 3. The Hall–Kier alpha value is -4.49. The number of esters is 1. The van der Waals surface area contributed by atoms with Crippen LogP contribution in [0.5, 0.6) is 0 Å². The van der Waals surface area contributed by atoms with Crippen LogP contribution in [0.3, 0.4) is 0 Å². The lowest BCUT2D eigenvalue weighted by atomic mass is 9.95. The molecule has 7 heteroatoms. The molecule has 0 N–H and O–H groups in total. The van der Waals surface area contributed by atoms with E-state index in [0.29, 0.717) is 27.0 Å². The molecule has 1 aliphatic rings. The van der Waals surface area contributed by atoms with Gasteiger partial charge in [0.15, 0.2) is 4.80 Å². The minimum atomic E-state index is -0.605. The molecular weight excluding hydrogens is 518 g/mol. The van der Waals surface area contributed by atoms with E-state index in [4.69, 9.17) is 9.73 Å². The maximum atomic E-state index is 14.0. The van der Waals surface area contributed by atoms with Gasteiger partial charge >= 0.3 is 5.97 Å². The number of aryl methyl sites for hydroxylation is 1. The lowest BCUT2D eigenvalue weighted by molar-refractivity contribution is -0.136. The third-order valence-corrected chi connectivity index (χ3v) is 8.50. The molecule has 3 aromatic carbocycles. The number of hydrogen-bond donors (Lipinski definition) is 0. The number of hydrogen-bond acceptors (Lipinski definition) is 5. The van der Waals surface area contributed by atoms with E-state index in [1.807, 2.05) is 55.5 Å². The second-order valence-electron chi connectivity index (χ2n) is 9.89. The summed E-state index contributed by atoms with van der Waals surface area (Å²) >= 11 is 1.35. The highest BCUT2D eigenvalue weighted by molar-refractivity contribution is 7.07. The van der Waals surface area contributed by atoms with Crippen LogP contribution in [-0.4, -0.2) is 22.2 Å². The molecule has 0 radical (unpaired) electrons. The molecule has 0 bridgehead atoms. The Morgan fingerprint density at radius 1 is 1.00 bits per heavy atom. The van der Waals surface area contributed by atoms with E-state index in [-0.39, 0.29) is 5.56 Å². The molecular formula is C33H29N3O3S. The van der Waals surface area contributed by atoms with Gasteiger partial charge in [-0.1, -0.05) is 78.9 Å². The first-order valence-corrected chi connectivity index (χ1v) is 14.1. The third kappa shape index (κ3) is 4.23. The summed E-state index contributed by atoms with van der Waals surface area (Å²) in [5, 5.41) is 2.37. The maximum Gasteiger partial charge on any atom is 0.338 e. The van der Waals surface area contributed by atoms with Crippen LogP contribution >= 0.6 is 11.3 Å². The summed E-state index contributed by atoms with van der Waals surface area (Å²) in [7, 11) is 1.36. The van der Waals surface area contributed by atoms with Crippen LogP contribution in [0.15, 0.2) is 99.9 Å². The number of aromatic nitrogens is 2. The summed E-state index contributed by atoms with van der Waals surface area (Å²) < 4.78 is 9.58. The number of nitrogens with zero attached hydrogens (tertiary/aromatic N) is 3. The minimum absolute atomic E-state index is 0.176. The molecule has 1 aliphatic heterocycles. The van der Waals surface area contributed by atoms with Gasteiger partial charge in [-0.05, 0) is 66.4 Å². The Balaban J connectivity index is 1.52. The van der Waals surface area contributed by atoms with Crippen molar-refractivity contribution in [3.05, 3.63) is 132 Å². The molecule has 6 nitrogen and oxygen atoms in total. The summed E-state index contributed by atoms with van der Waals surface area (Å²) in [5.41, 5.74) is 5.88. The molecule has 6 rings (SSSR count). The second kappa shape index (κ2) is 10.2. The van der Waals surface area contributed by atoms with Gasteiger partial charge in [0.2, 0.25) is 0 Å². The summed E-state index contributed by atoms with van der Waals surface area (Å²) in [6.45, 7) is 6.11. The Kier molecular flexibility index (Phi) is 6.60. The highest BCUT2D eigenvalue weighted by atomic mass is 32.1. The molecule has 0 amide bonds. The lowest BCUT2D eigenvalue weighted by Gasteiger charge is -2.25. The van der Waals surface area contributed by atoms with Crippen molar-refractivity contribution < 1.29 is 9.53 Å². The quantitative estimate of drug-likeness (QED) is 0.278. The second-order valence-corrected chi connectivity index (χ2v) is 10.9. The number of carbonyl (C=O) groups is 1. The molecule has 5 aromatic rings. The molecule has 0 saturated heterocycles. The van der Waals surface area contributed by atoms with Gasteiger partial charge in [0.1, 0.15) is 0 Å². The molecule has 0 saturated carbocycles. The standard InChI is InChI=1S/C33H29N3O3S/c1-5-27-29(32(38)39-4)30(23-12-7-6-8-13-23)36-31(37)28(40-33(36)34-27)19-25-17-20(2)35(21(25)3)26-16-15-22-11-9-10-14-24(22)18-26/h6-19,30H,5H2,1-4H3/b28-19-/t30-/m1/s1. The Bertz CT molecular complexity index is 1990. The number of allylic oxidation sites excluding steroid dienone is 1. The predicted molar refractivity (Wildman–Crippen MR) is 160 cm³/mol. The zero-order valence-electron chi connectivity index (χ0n) is 22.8. The van der Waals surface area contributed by atoms with E-state index in [1.165, 1.54) is 29.2 Å². The Morgan fingerprint density at radius 2 is 1.73 bits per heavy atom. The Morgan fingerprint density at radius 3 is 2.45 bits per heavy atom. The minimum Gasteiger partial charge on any atom is -0.466 e. The summed E-state index contributed by atoms with van der Waals surface area (Å²) in [4.78, 5) is 32.3. The van der Waals surface area contributed by atoms with Crippen molar-refractivity contribution in [3.63, 3.8) is 0 Å². The van der Waals surface area contributed by atoms with Crippen molar-refractivity contribution in [2.75, 3.05) is 7.11 Å². The van der Waals surface area contributed by atoms with Gasteiger partial charge in [-0.3, -0.25) is 9.36 Å². The van der Waals surface area contributed by atoms with Crippen LogP contribution < -0.4 is 14.9 Å². The van der Waals surface area contributed by atoms with E-state index in [1.54, 1.807) is 4.57 Å². The van der Waals surface area contributed by atoms with E-state index < -0.39 is 12.0 Å². The zero-order valence-corrected chi connectivity index (χ0v) is 23.7. The van der Waals surface area contributed by atoms with Crippen molar-refractivity contribution in [2.45, 2.75) is 33.2 Å². The largest absolute Gasteiger partial charge is 0.466 e. The van der Waals surface area contributed by atoms with Crippen LogP contribution in [0, 0.1) is 13.8 Å². The number of rotatable bonds is 5. The fourth-order valence-electron chi connectivity index (χ4n) is 5.60. The van der Waals surface area contributed by atoms with Gasteiger partial charge in [0.05, 0.1) is 29.0 Å². The normalized spacial score (nSPS) is 15.3. The first kappa shape index (κ1) is 25.8. The van der Waals surface area contributed by atoms with Crippen molar-refractivity contribution in [1.82, 2.24) is 9.13 Å². The van der Waals surface area contributed by atoms with Gasteiger partial charge in [0.25, 0.3) is 5.56 Å².